The van der Waals surface area contributed by atoms with Gasteiger partial charge in [-0.1, -0.05) is 24.3 Å². The zero-order valence-electron chi connectivity index (χ0n) is 37.4. The van der Waals surface area contributed by atoms with Crippen LogP contribution in [0.5, 0.6) is 0 Å². The van der Waals surface area contributed by atoms with Gasteiger partial charge in [-0.25, -0.2) is 36.0 Å². The van der Waals surface area contributed by atoms with E-state index in [2.05, 4.69) is 20.9 Å². The van der Waals surface area contributed by atoms with Crippen LogP contribution in [0, 0.1) is 0 Å². The van der Waals surface area contributed by atoms with Crippen molar-refractivity contribution in [1.82, 2.24) is 29.8 Å². The highest BCUT2D eigenvalue weighted by Crippen LogP contribution is 2.17. The smallest absolute Gasteiger partial charge is 0.410 e. The summed E-state index contributed by atoms with van der Waals surface area (Å²) in [5.41, 5.74) is 2.57. The van der Waals surface area contributed by atoms with Crippen LogP contribution in [0.1, 0.15) is 52.7 Å². The number of nitrogens with one attached hydrogen (secondary N) is 3. The van der Waals surface area contributed by atoms with Gasteiger partial charge in [0.1, 0.15) is 11.2 Å². The maximum absolute atomic E-state index is 12.3. The zero-order valence-corrected chi connectivity index (χ0v) is 39.7. The Bertz CT molecular complexity index is 2020. The molecular weight excluding hydrogens is 876 g/mol. The Morgan fingerprint density at radius 2 is 0.921 bits per heavy atom. The molecule has 352 valence electrons. The second-order valence-corrected chi connectivity index (χ2v) is 22.5. The Balaban J connectivity index is 0.000000230. The molecule has 0 saturated carbocycles. The second kappa shape index (κ2) is 23.0. The van der Waals surface area contributed by atoms with Crippen molar-refractivity contribution < 1.29 is 45.5 Å². The number of sulfone groups is 2. The molecule has 4 fully saturated rings. The topological polar surface area (TPSA) is 207 Å². The number of halogens is 1. The molecule has 0 unspecified atom stereocenters. The number of urea groups is 2. The lowest BCUT2D eigenvalue weighted by molar-refractivity contribution is 0.0138. The van der Waals surface area contributed by atoms with Crippen LogP contribution >= 0.6 is 11.6 Å². The summed E-state index contributed by atoms with van der Waals surface area (Å²) in [7, 11) is -5.98. The van der Waals surface area contributed by atoms with Crippen LogP contribution in [0.25, 0.3) is 0 Å². The SMILES string of the molecule is CC(C)(C)OC(=O)N1CCN(Cc2ccc(NC(=O)N3CCS(=O)(=O)CC3)cc2)CC1.CC(C)(C)OC(=O)N1CCNCC1.O=C(Nc1ccc(CCl)cc1)N1CCS(=O)(=O)CC1. The first-order valence-corrected chi connectivity index (χ1v) is 25.3. The predicted molar refractivity (Wildman–Crippen MR) is 245 cm³/mol. The number of ether oxygens (including phenoxy) is 2. The number of hydrogen-bond acceptors (Lipinski definition) is 12. The van der Waals surface area contributed by atoms with Crippen molar-refractivity contribution in [2.75, 3.05) is 112 Å². The first-order chi connectivity index (χ1) is 29.5. The van der Waals surface area contributed by atoms with Gasteiger partial charge >= 0.3 is 24.2 Å². The Morgan fingerprint density at radius 3 is 1.29 bits per heavy atom. The van der Waals surface area contributed by atoms with E-state index in [1.54, 1.807) is 21.9 Å². The van der Waals surface area contributed by atoms with Gasteiger partial charge in [0.15, 0.2) is 19.7 Å². The van der Waals surface area contributed by atoms with Gasteiger partial charge in [-0.2, -0.15) is 0 Å². The van der Waals surface area contributed by atoms with E-state index in [-0.39, 0.29) is 79.0 Å². The van der Waals surface area contributed by atoms with Gasteiger partial charge < -0.3 is 45.0 Å². The number of alkyl halides is 1. The summed E-state index contributed by atoms with van der Waals surface area (Å²) in [6.45, 7) is 19.0. The zero-order chi connectivity index (χ0) is 46.4. The number of rotatable bonds is 5. The van der Waals surface area contributed by atoms with E-state index in [0.29, 0.717) is 30.3 Å². The largest absolute Gasteiger partial charge is 0.444 e. The number of hydrogen-bond donors (Lipinski definition) is 3. The molecule has 0 aromatic heterocycles. The predicted octanol–water partition coefficient (Wildman–Crippen LogP) is 4.52. The quantitative estimate of drug-likeness (QED) is 0.354. The van der Waals surface area contributed by atoms with E-state index in [1.165, 1.54) is 9.80 Å². The van der Waals surface area contributed by atoms with Gasteiger partial charge in [0.25, 0.3) is 0 Å². The summed E-state index contributed by atoms with van der Waals surface area (Å²) in [5, 5.41) is 8.75. The van der Waals surface area contributed by atoms with Crippen LogP contribution < -0.4 is 16.0 Å². The Labute approximate surface area is 377 Å². The minimum Gasteiger partial charge on any atom is -0.444 e. The van der Waals surface area contributed by atoms with Crippen molar-refractivity contribution in [2.45, 2.75) is 65.2 Å². The van der Waals surface area contributed by atoms with Gasteiger partial charge in [-0.3, -0.25) is 4.90 Å². The Kier molecular flexibility index (Phi) is 18.7. The number of benzene rings is 2. The van der Waals surface area contributed by atoms with Crippen molar-refractivity contribution >= 4 is 66.9 Å². The molecule has 0 bridgehead atoms. The Hall–Kier alpha value is -4.37. The summed E-state index contributed by atoms with van der Waals surface area (Å²) in [6.07, 6.45) is -0.465. The summed E-state index contributed by atoms with van der Waals surface area (Å²) in [5.74, 6) is 0.524. The van der Waals surface area contributed by atoms with Gasteiger partial charge in [0.2, 0.25) is 0 Å². The third kappa shape index (κ3) is 18.7. The third-order valence-corrected chi connectivity index (χ3v) is 13.6. The molecule has 6 rings (SSSR count). The van der Waals surface area contributed by atoms with Crippen LogP contribution in [-0.4, -0.2) is 178 Å². The van der Waals surface area contributed by atoms with E-state index < -0.39 is 25.3 Å². The molecule has 4 saturated heterocycles. The maximum Gasteiger partial charge on any atom is 0.410 e. The highest BCUT2D eigenvalue weighted by atomic mass is 35.5. The van der Waals surface area contributed by atoms with Gasteiger partial charge in [0.05, 0.1) is 23.0 Å². The molecule has 4 aliphatic heterocycles. The fourth-order valence-corrected chi connectivity index (χ4v) is 9.03. The van der Waals surface area contributed by atoms with Gasteiger partial charge in [0, 0.05) is 102 Å². The van der Waals surface area contributed by atoms with Crippen LogP contribution in [0.4, 0.5) is 30.6 Å². The van der Waals surface area contributed by atoms with E-state index in [4.69, 9.17) is 21.1 Å². The van der Waals surface area contributed by atoms with Crippen LogP contribution in [0.2, 0.25) is 0 Å². The van der Waals surface area contributed by atoms with Crippen LogP contribution in [0.3, 0.4) is 0 Å². The van der Waals surface area contributed by atoms with Crippen molar-refractivity contribution in [3.05, 3.63) is 59.7 Å². The lowest BCUT2D eigenvalue weighted by atomic mass is 10.2. The van der Waals surface area contributed by atoms with Crippen LogP contribution in [0.15, 0.2) is 48.5 Å². The molecule has 21 heteroatoms. The van der Waals surface area contributed by atoms with Gasteiger partial charge in [-0.05, 0) is 76.9 Å². The first kappa shape index (κ1) is 51.3. The molecule has 4 aliphatic rings. The summed E-state index contributed by atoms with van der Waals surface area (Å²) in [4.78, 5) is 56.7. The molecule has 0 spiro atoms. The second-order valence-electron chi connectivity index (χ2n) is 17.6. The molecule has 18 nitrogen and oxygen atoms in total. The molecule has 3 N–H and O–H groups in total. The fourth-order valence-electron chi connectivity index (χ4n) is 6.45. The van der Waals surface area contributed by atoms with Crippen molar-refractivity contribution in [3.8, 4) is 0 Å². The number of carbonyl (C=O) groups excluding carboxylic acids is 4. The molecule has 2 aromatic carbocycles. The first-order valence-electron chi connectivity index (χ1n) is 21.2. The lowest BCUT2D eigenvalue weighted by Gasteiger charge is -2.35. The highest BCUT2D eigenvalue weighted by Gasteiger charge is 2.28. The van der Waals surface area contributed by atoms with Gasteiger partial charge in [-0.15, -0.1) is 11.6 Å². The molecular formula is C42H65ClN8O10S2. The van der Waals surface area contributed by atoms with Crippen LogP contribution in [-0.2, 0) is 41.6 Å². The molecule has 4 heterocycles. The minimum atomic E-state index is -3.01. The number of nitrogens with zero attached hydrogens (tertiary/aromatic N) is 5. The average molecular weight is 942 g/mol. The summed E-state index contributed by atoms with van der Waals surface area (Å²) < 4.78 is 56.2. The van der Waals surface area contributed by atoms with E-state index >= 15 is 0 Å². The molecule has 2 aromatic rings. The molecule has 6 amide bonds. The average Bonchev–Trinajstić information content (AvgIpc) is 3.21. The number of anilines is 2. The maximum atomic E-state index is 12.3. The monoisotopic (exact) mass is 940 g/mol. The molecule has 0 radical (unpaired) electrons. The van der Waals surface area contributed by atoms with Crippen molar-refractivity contribution in [3.63, 3.8) is 0 Å². The summed E-state index contributed by atoms with van der Waals surface area (Å²) >= 11 is 5.68. The lowest BCUT2D eigenvalue weighted by Crippen LogP contribution is -2.49. The van der Waals surface area contributed by atoms with E-state index in [9.17, 15) is 36.0 Å². The Morgan fingerprint density at radius 1 is 0.556 bits per heavy atom. The summed E-state index contributed by atoms with van der Waals surface area (Å²) in [6, 6.07) is 14.3. The molecule has 0 aliphatic carbocycles. The molecule has 63 heavy (non-hydrogen) atoms. The van der Waals surface area contributed by atoms with Crippen molar-refractivity contribution in [2.24, 2.45) is 0 Å². The van der Waals surface area contributed by atoms with E-state index in [1.807, 2.05) is 77.9 Å². The highest BCUT2D eigenvalue weighted by molar-refractivity contribution is 7.91. The number of carbonyl (C=O) groups is 4. The fraction of sp³-hybridized carbons (Fsp3) is 0.619. The van der Waals surface area contributed by atoms with E-state index in [0.717, 1.165) is 56.9 Å². The minimum absolute atomic E-state index is 0.0144. The standard InChI is InChI=1S/C21H32N4O5S.C12H15ClN2O3S.C9H18N2O2/c1-21(2,3)30-20(27)25-10-8-23(9-11-25)16-17-4-6-18(7-5-17)22-19(26)24-12-14-31(28,29)15-13-24;13-9-10-1-3-11(4-2-10)14-12(16)15-5-7-19(17,18)8-6-15;1-9(2,3)13-8(12)11-6-4-10-5-7-11/h4-7H,8-16H2,1-3H3,(H,22,26);1-4H,5-9H2,(H,14,16);10H,4-7H2,1-3H3. The normalized spacial score (nSPS) is 19.0. The number of piperazine rings is 2. The molecule has 0 atom stereocenters. The number of amides is 6. The van der Waals surface area contributed by atoms with Crippen molar-refractivity contribution in [1.29, 1.82) is 0 Å². The third-order valence-electron chi connectivity index (χ3n) is 10.0.